The Morgan fingerprint density at radius 2 is 2.42 bits per heavy atom. The monoisotopic (exact) mass is 278 g/mol. The molecule has 1 unspecified atom stereocenters. The minimum absolute atomic E-state index is 0.0111. The maximum atomic E-state index is 11.9. The van der Waals surface area contributed by atoms with Crippen LogP contribution < -0.4 is 5.32 Å². The van der Waals surface area contributed by atoms with Crippen molar-refractivity contribution in [3.8, 4) is 0 Å². The van der Waals surface area contributed by atoms with Gasteiger partial charge in [-0.2, -0.15) is 11.3 Å². The highest BCUT2D eigenvalue weighted by Crippen LogP contribution is 2.11. The van der Waals surface area contributed by atoms with Crippen molar-refractivity contribution in [1.82, 2.24) is 20.1 Å². The molecular formula is C13H18N4OS. The van der Waals surface area contributed by atoms with Crippen molar-refractivity contribution in [3.05, 3.63) is 34.5 Å². The summed E-state index contributed by atoms with van der Waals surface area (Å²) in [5, 5.41) is 14.9. The van der Waals surface area contributed by atoms with Gasteiger partial charge in [-0.25, -0.2) is 0 Å². The first-order valence-electron chi connectivity index (χ1n) is 6.38. The lowest BCUT2D eigenvalue weighted by molar-refractivity contribution is -0.121. The first kappa shape index (κ1) is 13.7. The maximum absolute atomic E-state index is 11.9. The van der Waals surface area contributed by atoms with E-state index in [4.69, 9.17) is 0 Å². The molecule has 0 aliphatic carbocycles. The highest BCUT2D eigenvalue weighted by Gasteiger charge is 2.15. The molecule has 0 saturated heterocycles. The summed E-state index contributed by atoms with van der Waals surface area (Å²) in [6, 6.07) is 1.84. The first-order valence-corrected chi connectivity index (χ1v) is 7.33. The molecule has 1 atom stereocenters. The van der Waals surface area contributed by atoms with Crippen LogP contribution in [-0.2, 0) is 17.8 Å². The van der Waals surface area contributed by atoms with Gasteiger partial charge in [-0.15, -0.1) is 10.2 Å². The molecule has 0 spiro atoms. The van der Waals surface area contributed by atoms with Crippen LogP contribution in [0.2, 0.25) is 0 Å². The summed E-state index contributed by atoms with van der Waals surface area (Å²) in [4.78, 5) is 11.9. The van der Waals surface area contributed by atoms with E-state index < -0.39 is 0 Å². The van der Waals surface area contributed by atoms with E-state index in [2.05, 4.69) is 22.4 Å². The van der Waals surface area contributed by atoms with E-state index >= 15 is 0 Å². The highest BCUT2D eigenvalue weighted by molar-refractivity contribution is 7.07. The fourth-order valence-corrected chi connectivity index (χ4v) is 2.62. The number of carbonyl (C=O) groups excluding carboxylic acids is 1. The van der Waals surface area contributed by atoms with Crippen LogP contribution in [0.15, 0.2) is 23.2 Å². The van der Waals surface area contributed by atoms with Gasteiger partial charge in [0.2, 0.25) is 5.91 Å². The topological polar surface area (TPSA) is 59.8 Å². The van der Waals surface area contributed by atoms with Crippen LogP contribution in [0.3, 0.4) is 0 Å². The lowest BCUT2D eigenvalue weighted by Gasteiger charge is -2.14. The van der Waals surface area contributed by atoms with Gasteiger partial charge in [0.15, 0.2) is 5.82 Å². The number of thiophene rings is 1. The van der Waals surface area contributed by atoms with E-state index in [-0.39, 0.29) is 11.9 Å². The van der Waals surface area contributed by atoms with Gasteiger partial charge in [-0.3, -0.25) is 4.79 Å². The van der Waals surface area contributed by atoms with E-state index in [0.717, 1.165) is 24.4 Å². The molecule has 1 N–H and O–H groups in total. The van der Waals surface area contributed by atoms with E-state index in [1.54, 1.807) is 17.7 Å². The number of hydrogen-bond acceptors (Lipinski definition) is 4. The number of rotatable bonds is 6. The van der Waals surface area contributed by atoms with Crippen LogP contribution in [0, 0.1) is 0 Å². The fourth-order valence-electron chi connectivity index (χ4n) is 1.95. The van der Waals surface area contributed by atoms with Crippen LogP contribution in [0.4, 0.5) is 0 Å². The molecule has 2 aromatic rings. The van der Waals surface area contributed by atoms with Gasteiger partial charge in [0, 0.05) is 6.54 Å². The predicted octanol–water partition coefficient (Wildman–Crippen LogP) is 2.17. The van der Waals surface area contributed by atoms with E-state index in [0.29, 0.717) is 6.42 Å². The van der Waals surface area contributed by atoms with Crippen molar-refractivity contribution in [2.75, 3.05) is 0 Å². The molecule has 5 nitrogen and oxygen atoms in total. The van der Waals surface area contributed by atoms with Crippen molar-refractivity contribution in [3.63, 3.8) is 0 Å². The van der Waals surface area contributed by atoms with Crippen molar-refractivity contribution < 1.29 is 4.79 Å². The SMILES string of the molecule is CCCn1cnnc1C(C)NC(=O)Cc1ccsc1. The smallest absolute Gasteiger partial charge is 0.225 e. The Hall–Kier alpha value is -1.69. The molecule has 6 heteroatoms. The lowest BCUT2D eigenvalue weighted by Crippen LogP contribution is -2.29. The standard InChI is InChI=1S/C13H18N4OS/c1-3-5-17-9-14-16-13(17)10(2)15-12(18)7-11-4-6-19-8-11/h4,6,8-10H,3,5,7H2,1-2H3,(H,15,18). The molecule has 0 saturated carbocycles. The largest absolute Gasteiger partial charge is 0.346 e. The molecule has 0 aliphatic heterocycles. The zero-order chi connectivity index (χ0) is 13.7. The highest BCUT2D eigenvalue weighted by atomic mass is 32.1. The molecule has 0 aromatic carbocycles. The summed E-state index contributed by atoms with van der Waals surface area (Å²) in [6.45, 7) is 4.90. The summed E-state index contributed by atoms with van der Waals surface area (Å²) >= 11 is 1.60. The summed E-state index contributed by atoms with van der Waals surface area (Å²) in [5.41, 5.74) is 1.05. The Bertz CT molecular complexity index is 520. The van der Waals surface area contributed by atoms with E-state index in [9.17, 15) is 4.79 Å². The summed E-state index contributed by atoms with van der Waals surface area (Å²) < 4.78 is 1.98. The Labute approximate surface area is 116 Å². The first-order chi connectivity index (χ1) is 9.20. The third-order valence-electron chi connectivity index (χ3n) is 2.82. The molecule has 0 radical (unpaired) electrons. The van der Waals surface area contributed by atoms with Crippen molar-refractivity contribution in [2.24, 2.45) is 0 Å². The molecule has 2 rings (SSSR count). The fraction of sp³-hybridized carbons (Fsp3) is 0.462. The predicted molar refractivity (Wildman–Crippen MR) is 74.9 cm³/mol. The van der Waals surface area contributed by atoms with Crippen LogP contribution >= 0.6 is 11.3 Å². The number of aromatic nitrogens is 3. The average molecular weight is 278 g/mol. The normalized spacial score (nSPS) is 12.3. The molecule has 0 aliphatic rings. The van der Waals surface area contributed by atoms with Gasteiger partial charge >= 0.3 is 0 Å². The van der Waals surface area contributed by atoms with Crippen molar-refractivity contribution >= 4 is 17.2 Å². The van der Waals surface area contributed by atoms with Gasteiger partial charge < -0.3 is 9.88 Å². The van der Waals surface area contributed by atoms with Gasteiger partial charge in [-0.1, -0.05) is 6.92 Å². The number of amides is 1. The van der Waals surface area contributed by atoms with Gasteiger partial charge in [0.1, 0.15) is 6.33 Å². The zero-order valence-corrected chi connectivity index (χ0v) is 12.0. The maximum Gasteiger partial charge on any atom is 0.225 e. The molecule has 0 bridgehead atoms. The summed E-state index contributed by atoms with van der Waals surface area (Å²) in [7, 11) is 0. The molecule has 102 valence electrons. The van der Waals surface area contributed by atoms with Crippen LogP contribution in [-0.4, -0.2) is 20.7 Å². The second-order valence-corrected chi connectivity index (χ2v) is 5.26. The summed E-state index contributed by atoms with van der Waals surface area (Å²) in [6.07, 6.45) is 3.14. The van der Waals surface area contributed by atoms with Gasteiger partial charge in [0.25, 0.3) is 0 Å². The van der Waals surface area contributed by atoms with E-state index in [1.807, 2.05) is 28.3 Å². The average Bonchev–Trinajstić information content (AvgIpc) is 3.00. The number of nitrogens with zero attached hydrogens (tertiary/aromatic N) is 3. The lowest BCUT2D eigenvalue weighted by atomic mass is 10.2. The Kier molecular flexibility index (Phi) is 4.68. The Balaban J connectivity index is 1.94. The minimum atomic E-state index is -0.125. The number of nitrogens with one attached hydrogen (secondary N) is 1. The third kappa shape index (κ3) is 3.64. The molecule has 2 heterocycles. The van der Waals surface area contributed by atoms with Crippen LogP contribution in [0.1, 0.15) is 37.7 Å². The van der Waals surface area contributed by atoms with Gasteiger partial charge in [-0.05, 0) is 35.7 Å². The van der Waals surface area contributed by atoms with E-state index in [1.165, 1.54) is 0 Å². The summed E-state index contributed by atoms with van der Waals surface area (Å²) in [5.74, 6) is 0.817. The molecule has 2 aromatic heterocycles. The minimum Gasteiger partial charge on any atom is -0.346 e. The van der Waals surface area contributed by atoms with Crippen LogP contribution in [0.5, 0.6) is 0 Å². The quantitative estimate of drug-likeness (QED) is 0.881. The molecule has 1 amide bonds. The number of carbonyl (C=O) groups is 1. The molecule has 0 fully saturated rings. The number of hydrogen-bond donors (Lipinski definition) is 1. The van der Waals surface area contributed by atoms with Crippen molar-refractivity contribution in [1.29, 1.82) is 0 Å². The number of aryl methyl sites for hydroxylation is 1. The Morgan fingerprint density at radius 1 is 1.58 bits per heavy atom. The van der Waals surface area contributed by atoms with Crippen molar-refractivity contribution in [2.45, 2.75) is 39.3 Å². The zero-order valence-electron chi connectivity index (χ0n) is 11.2. The molecular weight excluding hydrogens is 260 g/mol. The second-order valence-electron chi connectivity index (χ2n) is 4.48. The van der Waals surface area contributed by atoms with Crippen LogP contribution in [0.25, 0.3) is 0 Å². The Morgan fingerprint density at radius 3 is 3.11 bits per heavy atom. The molecule has 19 heavy (non-hydrogen) atoms. The second kappa shape index (κ2) is 6.47. The van der Waals surface area contributed by atoms with Gasteiger partial charge in [0.05, 0.1) is 12.5 Å². The third-order valence-corrected chi connectivity index (χ3v) is 3.55.